The van der Waals surface area contributed by atoms with Crippen LogP contribution in [0.25, 0.3) is 0 Å². The van der Waals surface area contributed by atoms with E-state index in [9.17, 15) is 4.79 Å². The molecule has 1 unspecified atom stereocenters. The van der Waals surface area contributed by atoms with E-state index in [0.717, 1.165) is 5.56 Å². The third-order valence-corrected chi connectivity index (χ3v) is 2.43. The van der Waals surface area contributed by atoms with Crippen LogP contribution in [0, 0.1) is 0 Å². The Morgan fingerprint density at radius 1 is 1.46 bits per heavy atom. The Balaban J connectivity index is 2.95. The van der Waals surface area contributed by atoms with E-state index in [1.807, 2.05) is 37.3 Å². The lowest BCUT2D eigenvalue weighted by molar-refractivity contribution is 0.130. The average molecular weight is 198 g/mol. The monoisotopic (exact) mass is 197 g/mol. The zero-order valence-electron chi connectivity index (χ0n) is 7.29. The van der Waals surface area contributed by atoms with Gasteiger partial charge in [0, 0.05) is 12.0 Å². The van der Waals surface area contributed by atoms with Gasteiger partial charge in [-0.1, -0.05) is 48.9 Å². The van der Waals surface area contributed by atoms with E-state index in [-0.39, 0.29) is 0 Å². The van der Waals surface area contributed by atoms with Crippen molar-refractivity contribution in [3.63, 3.8) is 0 Å². The molecule has 1 rings (SSSR count). The summed E-state index contributed by atoms with van der Waals surface area (Å²) in [6, 6.07) is 9.19. The molecule has 0 saturated heterocycles. The Morgan fingerprint density at radius 3 is 2.54 bits per heavy atom. The highest BCUT2D eigenvalue weighted by molar-refractivity contribution is 6.23. The summed E-state index contributed by atoms with van der Waals surface area (Å²) in [5.74, 6) is 0. The summed E-state index contributed by atoms with van der Waals surface area (Å²) in [7, 11) is 0. The van der Waals surface area contributed by atoms with E-state index in [1.165, 1.54) is 6.47 Å². The Labute approximate surface area is 82.5 Å². The first kappa shape index (κ1) is 10.1. The quantitative estimate of drug-likeness (QED) is 0.694. The van der Waals surface area contributed by atoms with Crippen molar-refractivity contribution in [2.75, 3.05) is 0 Å². The van der Waals surface area contributed by atoms with E-state index in [2.05, 4.69) is 0 Å². The van der Waals surface area contributed by atoms with Crippen molar-refractivity contribution in [1.29, 1.82) is 0 Å². The molecule has 1 radical (unpaired) electrons. The van der Waals surface area contributed by atoms with Crippen LogP contribution >= 0.6 is 11.6 Å². The maximum atomic E-state index is 10.1. The summed E-state index contributed by atoms with van der Waals surface area (Å²) in [5, 5.41) is -1.07. The Morgan fingerprint density at radius 2 is 2.08 bits per heavy atom. The lowest BCUT2D eigenvalue weighted by atomic mass is 10.1. The van der Waals surface area contributed by atoms with Crippen molar-refractivity contribution in [3.05, 3.63) is 35.9 Å². The first-order chi connectivity index (χ1) is 6.23. The molecule has 0 bridgehead atoms. The first-order valence-corrected chi connectivity index (χ1v) is 4.40. The highest BCUT2D eigenvalue weighted by Crippen LogP contribution is 2.32. The van der Waals surface area contributed by atoms with Crippen LogP contribution in [0.2, 0.25) is 0 Å². The van der Waals surface area contributed by atoms with Crippen molar-refractivity contribution < 1.29 is 9.53 Å². The Hall–Kier alpha value is -1.02. The van der Waals surface area contributed by atoms with Gasteiger partial charge in [0.25, 0.3) is 0 Å². The van der Waals surface area contributed by atoms with Gasteiger partial charge in [0.2, 0.25) is 5.06 Å². The number of hydrogen-bond donors (Lipinski definition) is 0. The van der Waals surface area contributed by atoms with Gasteiger partial charge >= 0.3 is 6.47 Å². The number of rotatable bonds is 4. The number of hydrogen-bond acceptors (Lipinski definition) is 2. The first-order valence-electron chi connectivity index (χ1n) is 4.02. The van der Waals surface area contributed by atoms with Gasteiger partial charge in [-0.3, -0.25) is 0 Å². The smallest absolute Gasteiger partial charge is 0.419 e. The van der Waals surface area contributed by atoms with Crippen LogP contribution in [0.5, 0.6) is 0 Å². The third kappa shape index (κ3) is 2.22. The highest BCUT2D eigenvalue weighted by Gasteiger charge is 2.29. The van der Waals surface area contributed by atoms with Gasteiger partial charge in [-0.15, -0.1) is 0 Å². The second-order valence-electron chi connectivity index (χ2n) is 2.63. The topological polar surface area (TPSA) is 26.3 Å². The molecule has 13 heavy (non-hydrogen) atoms. The molecule has 2 nitrogen and oxygen atoms in total. The van der Waals surface area contributed by atoms with Crippen LogP contribution < -0.4 is 0 Å². The molecule has 3 heteroatoms. The van der Waals surface area contributed by atoms with Gasteiger partial charge < -0.3 is 4.74 Å². The fourth-order valence-electron chi connectivity index (χ4n) is 1.09. The number of carbonyl (C=O) groups excluding carboxylic acids is 1. The molecule has 0 N–H and O–H groups in total. The summed E-state index contributed by atoms with van der Waals surface area (Å²) in [5.41, 5.74) is 0.766. The molecule has 1 aromatic carbocycles. The van der Waals surface area contributed by atoms with Crippen molar-refractivity contribution >= 4 is 18.1 Å². The van der Waals surface area contributed by atoms with Crippen LogP contribution in [0.4, 0.5) is 0 Å². The average Bonchev–Trinajstić information content (AvgIpc) is 2.19. The van der Waals surface area contributed by atoms with Crippen LogP contribution in [0.1, 0.15) is 18.9 Å². The Kier molecular flexibility index (Phi) is 3.32. The number of benzene rings is 1. The minimum Gasteiger partial charge on any atom is -0.430 e. The SMILES string of the molecule is CCC(Cl)(O[C]=O)c1ccccc1. The molecule has 0 heterocycles. The summed E-state index contributed by atoms with van der Waals surface area (Å²) in [4.78, 5) is 10.1. The van der Waals surface area contributed by atoms with Gasteiger partial charge in [-0.05, 0) is 0 Å². The van der Waals surface area contributed by atoms with Gasteiger partial charge in [-0.25, -0.2) is 4.79 Å². The standard InChI is InChI=1S/C10H10ClO2/c1-2-10(11,13-8-12)9-6-4-3-5-7-9/h3-7H,2H2,1H3. The van der Waals surface area contributed by atoms with Crippen LogP contribution in [0.3, 0.4) is 0 Å². The van der Waals surface area contributed by atoms with Crippen LogP contribution in [0.15, 0.2) is 30.3 Å². The highest BCUT2D eigenvalue weighted by atomic mass is 35.5. The van der Waals surface area contributed by atoms with Crippen molar-refractivity contribution in [2.45, 2.75) is 18.4 Å². The predicted molar refractivity (Wildman–Crippen MR) is 51.0 cm³/mol. The molecule has 0 saturated carbocycles. The number of ether oxygens (including phenoxy) is 1. The van der Waals surface area contributed by atoms with E-state index < -0.39 is 5.06 Å². The Bertz CT molecular complexity index is 274. The fourth-order valence-corrected chi connectivity index (χ4v) is 1.25. The summed E-state index contributed by atoms with van der Waals surface area (Å²) in [6.45, 7) is 3.22. The van der Waals surface area contributed by atoms with Crippen molar-refractivity contribution in [1.82, 2.24) is 0 Å². The molecule has 1 aromatic rings. The minimum absolute atomic E-state index is 0.508. The molecule has 0 aliphatic rings. The second kappa shape index (κ2) is 4.28. The normalized spacial score (nSPS) is 14.6. The number of alkyl halides is 1. The molecule has 69 valence electrons. The summed E-state index contributed by atoms with van der Waals surface area (Å²) >= 11 is 6.06. The van der Waals surface area contributed by atoms with Crippen molar-refractivity contribution in [3.8, 4) is 0 Å². The van der Waals surface area contributed by atoms with Gasteiger partial charge in [0.15, 0.2) is 0 Å². The largest absolute Gasteiger partial charge is 0.430 e. The zero-order chi connectivity index (χ0) is 9.73. The second-order valence-corrected chi connectivity index (χ2v) is 3.24. The van der Waals surface area contributed by atoms with E-state index in [0.29, 0.717) is 6.42 Å². The lowest BCUT2D eigenvalue weighted by Crippen LogP contribution is -2.20. The molecule has 0 aliphatic heterocycles. The zero-order valence-corrected chi connectivity index (χ0v) is 8.04. The van der Waals surface area contributed by atoms with Crippen molar-refractivity contribution in [2.24, 2.45) is 0 Å². The molecule has 1 atom stereocenters. The van der Waals surface area contributed by atoms with Gasteiger partial charge in [-0.2, -0.15) is 0 Å². The molecule has 0 fully saturated rings. The molecule has 0 aromatic heterocycles. The summed E-state index contributed by atoms with van der Waals surface area (Å²) < 4.78 is 4.72. The maximum Gasteiger partial charge on any atom is 0.419 e. The molecular formula is C10H10ClO2. The molecular weight excluding hydrogens is 188 g/mol. The molecule has 0 spiro atoms. The molecule has 0 aliphatic carbocycles. The van der Waals surface area contributed by atoms with Gasteiger partial charge in [0.1, 0.15) is 0 Å². The van der Waals surface area contributed by atoms with E-state index in [4.69, 9.17) is 16.3 Å². The predicted octanol–water partition coefficient (Wildman–Crippen LogP) is 2.57. The third-order valence-electron chi connectivity index (χ3n) is 1.86. The number of halogens is 1. The van der Waals surface area contributed by atoms with E-state index >= 15 is 0 Å². The van der Waals surface area contributed by atoms with Crippen LogP contribution in [-0.2, 0) is 14.6 Å². The maximum absolute atomic E-state index is 10.1. The minimum atomic E-state index is -1.07. The fraction of sp³-hybridized carbons (Fsp3) is 0.300. The van der Waals surface area contributed by atoms with Crippen LogP contribution in [-0.4, -0.2) is 6.47 Å². The van der Waals surface area contributed by atoms with E-state index in [1.54, 1.807) is 0 Å². The van der Waals surface area contributed by atoms with Gasteiger partial charge in [0.05, 0.1) is 0 Å². The summed E-state index contributed by atoms with van der Waals surface area (Å²) in [6.07, 6.45) is 0.508. The molecule has 0 amide bonds. The lowest BCUT2D eigenvalue weighted by Gasteiger charge is -2.22.